The molecule has 9 heteroatoms. The Hall–Kier alpha value is -3.19. The Morgan fingerprint density at radius 2 is 1.87 bits per heavy atom. The molecule has 1 aromatic carbocycles. The van der Waals surface area contributed by atoms with Crippen LogP contribution in [0.1, 0.15) is 29.3 Å². The average molecular weight is 417 g/mol. The van der Waals surface area contributed by atoms with E-state index < -0.39 is 23.5 Å². The molecule has 1 atom stereocenters. The molecule has 30 heavy (non-hydrogen) atoms. The fourth-order valence-electron chi connectivity index (χ4n) is 2.89. The highest BCUT2D eigenvalue weighted by Gasteiger charge is 2.54. The van der Waals surface area contributed by atoms with Crippen LogP contribution >= 0.6 is 0 Å². The zero-order valence-electron chi connectivity index (χ0n) is 17.1. The Labute approximate surface area is 175 Å². The maximum Gasteiger partial charge on any atom is 0.269 e. The van der Waals surface area contributed by atoms with Crippen molar-refractivity contribution in [3.63, 3.8) is 0 Å². The molecule has 4 N–H and O–H groups in total. The van der Waals surface area contributed by atoms with E-state index in [1.807, 2.05) is 0 Å². The van der Waals surface area contributed by atoms with Gasteiger partial charge in [0.2, 0.25) is 5.91 Å². The van der Waals surface area contributed by atoms with Gasteiger partial charge in [0.1, 0.15) is 11.6 Å². The van der Waals surface area contributed by atoms with E-state index in [1.54, 1.807) is 24.3 Å². The molecule has 1 fully saturated rings. The van der Waals surface area contributed by atoms with Crippen molar-refractivity contribution in [2.45, 2.75) is 25.0 Å². The van der Waals surface area contributed by atoms with Crippen LogP contribution in [-0.2, 0) is 14.3 Å². The van der Waals surface area contributed by atoms with Crippen LogP contribution in [-0.4, -0.2) is 71.4 Å². The summed E-state index contributed by atoms with van der Waals surface area (Å²) in [4.78, 5) is 37.7. The number of benzene rings is 1. The summed E-state index contributed by atoms with van der Waals surface area (Å²) >= 11 is 0. The molecule has 3 amide bonds. The van der Waals surface area contributed by atoms with Gasteiger partial charge in [-0.3, -0.25) is 19.6 Å². The summed E-state index contributed by atoms with van der Waals surface area (Å²) in [5.74, 6) is 4.07. The fraction of sp³-hybridized carbons (Fsp3) is 0.381. The standard InChI is InChI=1S/C19H23N3O6.C2H4/c1-13(24)22-11-19(12-22,28-2)16(18(26)21-27)20-17(25)15-8-6-14(7-9-15)5-3-4-10-23;1-2/h6-9,16,23,27H,4,10-12H2,1-2H3,(H,20,25)(H,21,26);1-2H2. The van der Waals surface area contributed by atoms with Crippen LogP contribution < -0.4 is 10.8 Å². The number of likely N-dealkylation sites (tertiary alicyclic amines) is 1. The second-order valence-corrected chi connectivity index (χ2v) is 6.38. The van der Waals surface area contributed by atoms with Gasteiger partial charge in [-0.2, -0.15) is 0 Å². The first-order chi connectivity index (χ1) is 14.4. The number of carbonyl (C=O) groups is 3. The lowest BCUT2D eigenvalue weighted by Gasteiger charge is -2.51. The zero-order chi connectivity index (χ0) is 22.7. The van der Waals surface area contributed by atoms with Crippen LogP contribution in [0.15, 0.2) is 37.4 Å². The molecule has 0 aromatic heterocycles. The van der Waals surface area contributed by atoms with Crippen molar-refractivity contribution < 1.29 is 29.4 Å². The number of rotatable bonds is 6. The van der Waals surface area contributed by atoms with E-state index in [0.717, 1.165) is 0 Å². The summed E-state index contributed by atoms with van der Waals surface area (Å²) < 4.78 is 5.43. The smallest absolute Gasteiger partial charge is 0.269 e. The van der Waals surface area contributed by atoms with E-state index in [4.69, 9.17) is 15.1 Å². The van der Waals surface area contributed by atoms with Gasteiger partial charge in [0, 0.05) is 31.6 Å². The average Bonchev–Trinajstić information content (AvgIpc) is 2.73. The van der Waals surface area contributed by atoms with Gasteiger partial charge in [0.25, 0.3) is 11.8 Å². The number of hydroxylamine groups is 1. The van der Waals surface area contributed by atoms with Crippen molar-refractivity contribution in [2.75, 3.05) is 26.8 Å². The van der Waals surface area contributed by atoms with E-state index in [9.17, 15) is 14.4 Å². The molecule has 1 unspecified atom stereocenters. The van der Waals surface area contributed by atoms with Crippen LogP contribution in [0.4, 0.5) is 0 Å². The van der Waals surface area contributed by atoms with Gasteiger partial charge in [0.05, 0.1) is 19.7 Å². The fourth-order valence-corrected chi connectivity index (χ4v) is 2.89. The maximum atomic E-state index is 12.6. The van der Waals surface area contributed by atoms with Gasteiger partial charge in [-0.25, -0.2) is 5.48 Å². The number of ether oxygens (including phenoxy) is 1. The molecule has 0 aliphatic carbocycles. The maximum absolute atomic E-state index is 12.6. The number of nitrogens with one attached hydrogen (secondary N) is 2. The molecule has 0 saturated carbocycles. The van der Waals surface area contributed by atoms with Crippen LogP contribution in [0.2, 0.25) is 0 Å². The van der Waals surface area contributed by atoms with Gasteiger partial charge >= 0.3 is 0 Å². The number of hydrogen-bond acceptors (Lipinski definition) is 6. The molecule has 1 heterocycles. The summed E-state index contributed by atoms with van der Waals surface area (Å²) in [5, 5.41) is 20.4. The number of aliphatic hydroxyl groups excluding tert-OH is 1. The minimum absolute atomic E-state index is 0.0237. The van der Waals surface area contributed by atoms with Crippen molar-refractivity contribution in [3.05, 3.63) is 48.6 Å². The number of hydrogen-bond donors (Lipinski definition) is 4. The molecule has 9 nitrogen and oxygen atoms in total. The summed E-state index contributed by atoms with van der Waals surface area (Å²) in [6.07, 6.45) is 0.358. The second-order valence-electron chi connectivity index (χ2n) is 6.38. The Bertz CT molecular complexity index is 806. The van der Waals surface area contributed by atoms with Gasteiger partial charge in [-0.05, 0) is 24.3 Å². The molecule has 162 valence electrons. The SMILES string of the molecule is C=C.COC1(C(NC(=O)c2ccc(C#CCCO)cc2)C(=O)NO)CN(C(C)=O)C1. The molecular weight excluding hydrogens is 390 g/mol. The van der Waals surface area contributed by atoms with Crippen LogP contribution in [0.25, 0.3) is 0 Å². The molecular formula is C21H27N3O6. The van der Waals surface area contributed by atoms with Gasteiger partial charge in [-0.15, -0.1) is 13.2 Å². The predicted octanol–water partition coefficient (Wildman–Crippen LogP) is 0.0738. The molecule has 1 aromatic rings. The van der Waals surface area contributed by atoms with E-state index >= 15 is 0 Å². The van der Waals surface area contributed by atoms with E-state index in [2.05, 4.69) is 30.3 Å². The third kappa shape index (κ3) is 5.90. The molecule has 0 spiro atoms. The second kappa shape index (κ2) is 11.7. The normalized spacial score (nSPS) is 14.6. The zero-order valence-corrected chi connectivity index (χ0v) is 17.1. The lowest BCUT2D eigenvalue weighted by molar-refractivity contribution is -0.174. The third-order valence-electron chi connectivity index (χ3n) is 4.56. The molecule has 0 radical (unpaired) electrons. The van der Waals surface area contributed by atoms with Crippen molar-refractivity contribution in [1.29, 1.82) is 0 Å². The van der Waals surface area contributed by atoms with Gasteiger partial charge < -0.3 is 20.1 Å². The first-order valence-electron chi connectivity index (χ1n) is 9.12. The Morgan fingerprint density at radius 3 is 2.33 bits per heavy atom. The van der Waals surface area contributed by atoms with Crippen molar-refractivity contribution in [3.8, 4) is 11.8 Å². The van der Waals surface area contributed by atoms with E-state index in [0.29, 0.717) is 12.0 Å². The first kappa shape index (κ1) is 24.8. The number of amides is 3. The number of nitrogens with zero attached hydrogens (tertiary/aromatic N) is 1. The number of carbonyl (C=O) groups excluding carboxylic acids is 3. The van der Waals surface area contributed by atoms with Gasteiger partial charge in [-0.1, -0.05) is 11.8 Å². The largest absolute Gasteiger partial charge is 0.395 e. The number of aliphatic hydroxyl groups is 1. The molecule has 1 aliphatic rings. The molecule has 1 aliphatic heterocycles. The van der Waals surface area contributed by atoms with Gasteiger partial charge in [0.15, 0.2) is 0 Å². The molecule has 1 saturated heterocycles. The Kier molecular flexibility index (Phi) is 9.71. The minimum atomic E-state index is -1.20. The summed E-state index contributed by atoms with van der Waals surface area (Å²) in [5.41, 5.74) is 1.37. The third-order valence-corrected chi connectivity index (χ3v) is 4.56. The van der Waals surface area contributed by atoms with Crippen molar-refractivity contribution in [1.82, 2.24) is 15.7 Å². The van der Waals surface area contributed by atoms with Crippen LogP contribution in [0.5, 0.6) is 0 Å². The first-order valence-corrected chi connectivity index (χ1v) is 9.12. The van der Waals surface area contributed by atoms with E-state index in [-0.39, 0.29) is 31.2 Å². The Morgan fingerprint density at radius 1 is 1.27 bits per heavy atom. The highest BCUT2D eigenvalue weighted by atomic mass is 16.5. The predicted molar refractivity (Wildman–Crippen MR) is 109 cm³/mol. The highest BCUT2D eigenvalue weighted by molar-refractivity contribution is 5.98. The summed E-state index contributed by atoms with van der Waals surface area (Å²) in [6, 6.07) is 5.19. The Balaban J connectivity index is 0.00000218. The molecule has 0 bridgehead atoms. The minimum Gasteiger partial charge on any atom is -0.395 e. The summed E-state index contributed by atoms with van der Waals surface area (Å²) in [7, 11) is 1.38. The lowest BCUT2D eigenvalue weighted by Crippen LogP contribution is -2.75. The monoisotopic (exact) mass is 417 g/mol. The number of methoxy groups -OCH3 is 1. The van der Waals surface area contributed by atoms with Crippen molar-refractivity contribution in [2.24, 2.45) is 0 Å². The molecule has 2 rings (SSSR count). The lowest BCUT2D eigenvalue weighted by atomic mass is 9.84. The van der Waals surface area contributed by atoms with Crippen LogP contribution in [0.3, 0.4) is 0 Å². The van der Waals surface area contributed by atoms with E-state index in [1.165, 1.54) is 24.4 Å². The quantitative estimate of drug-likeness (QED) is 0.225. The summed E-state index contributed by atoms with van der Waals surface area (Å²) in [6.45, 7) is 7.58. The topological polar surface area (TPSA) is 128 Å². The van der Waals surface area contributed by atoms with Crippen molar-refractivity contribution >= 4 is 17.7 Å². The van der Waals surface area contributed by atoms with Crippen LogP contribution in [0, 0.1) is 11.8 Å². The highest BCUT2D eigenvalue weighted by Crippen LogP contribution is 2.29.